The second-order valence-electron chi connectivity index (χ2n) is 8.28. The fourth-order valence-electron chi connectivity index (χ4n) is 4.17. The Hall–Kier alpha value is -2.63. The third kappa shape index (κ3) is 6.49. The number of benzene rings is 1. The van der Waals surface area contributed by atoms with Crippen molar-refractivity contribution in [3.63, 3.8) is 0 Å². The van der Waals surface area contributed by atoms with Crippen LogP contribution in [0.2, 0.25) is 0 Å². The first-order chi connectivity index (χ1) is 16.4. The first kappa shape index (κ1) is 24.5. The molecule has 34 heavy (non-hydrogen) atoms. The molecule has 2 fully saturated rings. The molecular weight excluding hydrogens is 453 g/mol. The van der Waals surface area contributed by atoms with Crippen molar-refractivity contribution < 1.29 is 32.1 Å². The highest BCUT2D eigenvalue weighted by Gasteiger charge is 2.31. The highest BCUT2D eigenvalue weighted by Crippen LogP contribution is 2.31. The number of ether oxygens (including phenoxy) is 4. The number of alkyl halides is 3. The van der Waals surface area contributed by atoms with Gasteiger partial charge in [-0.15, -0.1) is 0 Å². The molecular formula is C23H29F3N4O4. The summed E-state index contributed by atoms with van der Waals surface area (Å²) in [7, 11) is 1.40. The van der Waals surface area contributed by atoms with Crippen molar-refractivity contribution in [2.45, 2.75) is 50.2 Å². The average Bonchev–Trinajstić information content (AvgIpc) is 3.35. The number of aromatic nitrogens is 2. The van der Waals surface area contributed by atoms with E-state index in [9.17, 15) is 13.2 Å². The van der Waals surface area contributed by atoms with E-state index < -0.39 is 18.8 Å². The van der Waals surface area contributed by atoms with E-state index in [0.717, 1.165) is 19.4 Å². The largest absolute Gasteiger partial charge is 0.481 e. The number of rotatable bonds is 9. The molecule has 1 aromatic heterocycles. The number of methoxy groups -OCH3 is 1. The van der Waals surface area contributed by atoms with Crippen LogP contribution in [0.1, 0.15) is 36.4 Å². The lowest BCUT2D eigenvalue weighted by Crippen LogP contribution is -2.45. The number of hydrogen-bond donors (Lipinski definition) is 2. The minimum atomic E-state index is -4.52. The highest BCUT2D eigenvalue weighted by atomic mass is 19.4. The molecule has 2 saturated heterocycles. The van der Waals surface area contributed by atoms with E-state index in [2.05, 4.69) is 32.7 Å². The number of halogens is 3. The first-order valence-corrected chi connectivity index (χ1v) is 11.3. The molecule has 0 saturated carbocycles. The maximum absolute atomic E-state index is 12.7. The summed E-state index contributed by atoms with van der Waals surface area (Å²) in [5.41, 5.74) is 1.70. The quantitative estimate of drug-likeness (QED) is 0.564. The SMILES string of the molecule is COc1nc(OCC(F)(F)F)nc(O[C@@H]2CCOC2)c1CN[C@H]1CCCN[C@H]1c1ccccc1. The molecule has 2 aliphatic heterocycles. The maximum atomic E-state index is 12.7. The van der Waals surface area contributed by atoms with Crippen LogP contribution in [0.5, 0.6) is 17.8 Å². The van der Waals surface area contributed by atoms with E-state index in [0.29, 0.717) is 31.7 Å². The van der Waals surface area contributed by atoms with Crippen molar-refractivity contribution in [2.24, 2.45) is 0 Å². The molecule has 3 heterocycles. The van der Waals surface area contributed by atoms with Crippen molar-refractivity contribution in [3.8, 4) is 17.8 Å². The van der Waals surface area contributed by atoms with Crippen LogP contribution in [0.15, 0.2) is 30.3 Å². The molecule has 186 valence electrons. The van der Waals surface area contributed by atoms with Crippen LogP contribution in [0.25, 0.3) is 0 Å². The van der Waals surface area contributed by atoms with Crippen LogP contribution in [0.3, 0.4) is 0 Å². The molecule has 2 aliphatic rings. The second-order valence-corrected chi connectivity index (χ2v) is 8.28. The summed E-state index contributed by atoms with van der Waals surface area (Å²) in [4.78, 5) is 8.19. The molecule has 0 amide bonds. The summed E-state index contributed by atoms with van der Waals surface area (Å²) >= 11 is 0. The van der Waals surface area contributed by atoms with E-state index in [1.807, 2.05) is 18.2 Å². The molecule has 3 atom stereocenters. The molecule has 2 N–H and O–H groups in total. The van der Waals surface area contributed by atoms with Gasteiger partial charge < -0.3 is 29.6 Å². The van der Waals surface area contributed by atoms with Gasteiger partial charge in [-0.1, -0.05) is 30.3 Å². The fraction of sp³-hybridized carbons (Fsp3) is 0.565. The van der Waals surface area contributed by atoms with Gasteiger partial charge in [0.1, 0.15) is 6.10 Å². The molecule has 11 heteroatoms. The van der Waals surface area contributed by atoms with Gasteiger partial charge in [-0.2, -0.15) is 23.1 Å². The fourth-order valence-corrected chi connectivity index (χ4v) is 4.17. The van der Waals surface area contributed by atoms with Gasteiger partial charge in [-0.05, 0) is 24.9 Å². The lowest BCUT2D eigenvalue weighted by molar-refractivity contribution is -0.154. The van der Waals surface area contributed by atoms with E-state index in [1.54, 1.807) is 0 Å². The van der Waals surface area contributed by atoms with Crippen LogP contribution in [-0.2, 0) is 11.3 Å². The Morgan fingerprint density at radius 3 is 2.65 bits per heavy atom. The van der Waals surface area contributed by atoms with Crippen molar-refractivity contribution in [1.29, 1.82) is 0 Å². The van der Waals surface area contributed by atoms with Gasteiger partial charge >= 0.3 is 12.2 Å². The molecule has 1 aromatic carbocycles. The summed E-state index contributed by atoms with van der Waals surface area (Å²) in [6.45, 7) is 0.643. The maximum Gasteiger partial charge on any atom is 0.422 e. The summed E-state index contributed by atoms with van der Waals surface area (Å²) in [5.74, 6) is 0.237. The summed E-state index contributed by atoms with van der Waals surface area (Å²) in [5, 5.41) is 7.11. The molecule has 0 aliphatic carbocycles. The van der Waals surface area contributed by atoms with Gasteiger partial charge in [0.2, 0.25) is 11.8 Å². The Morgan fingerprint density at radius 2 is 1.94 bits per heavy atom. The average molecular weight is 483 g/mol. The minimum absolute atomic E-state index is 0.105. The van der Waals surface area contributed by atoms with Crippen LogP contribution >= 0.6 is 0 Å². The summed E-state index contributed by atoms with van der Waals surface area (Å²) in [6, 6.07) is 9.95. The van der Waals surface area contributed by atoms with Crippen molar-refractivity contribution in [1.82, 2.24) is 20.6 Å². The first-order valence-electron chi connectivity index (χ1n) is 11.3. The molecule has 0 radical (unpaired) electrons. The lowest BCUT2D eigenvalue weighted by atomic mass is 9.92. The zero-order chi connectivity index (χ0) is 24.0. The van der Waals surface area contributed by atoms with Gasteiger partial charge in [-0.3, -0.25) is 0 Å². The Bertz CT molecular complexity index is 926. The monoisotopic (exact) mass is 482 g/mol. The predicted octanol–water partition coefficient (Wildman–Crippen LogP) is 3.18. The van der Waals surface area contributed by atoms with E-state index in [-0.39, 0.29) is 29.9 Å². The molecule has 4 rings (SSSR count). The van der Waals surface area contributed by atoms with Gasteiger partial charge in [0.15, 0.2) is 6.61 Å². The molecule has 0 unspecified atom stereocenters. The van der Waals surface area contributed by atoms with Crippen LogP contribution in [0.4, 0.5) is 13.2 Å². The summed E-state index contributed by atoms with van der Waals surface area (Å²) in [6.07, 6.45) is -2.16. The predicted molar refractivity (Wildman–Crippen MR) is 117 cm³/mol. The zero-order valence-corrected chi connectivity index (χ0v) is 18.9. The smallest absolute Gasteiger partial charge is 0.422 e. The van der Waals surface area contributed by atoms with E-state index in [1.165, 1.54) is 12.7 Å². The number of nitrogens with zero attached hydrogens (tertiary/aromatic N) is 2. The zero-order valence-electron chi connectivity index (χ0n) is 18.9. The molecule has 0 spiro atoms. The summed E-state index contributed by atoms with van der Waals surface area (Å²) < 4.78 is 59.5. The van der Waals surface area contributed by atoms with Gasteiger partial charge in [0.05, 0.1) is 25.9 Å². The molecule has 0 bridgehead atoms. The van der Waals surface area contributed by atoms with Gasteiger partial charge in [0.25, 0.3) is 0 Å². The Kier molecular flexibility index (Phi) is 8.07. The minimum Gasteiger partial charge on any atom is -0.481 e. The van der Waals surface area contributed by atoms with Gasteiger partial charge in [-0.25, -0.2) is 0 Å². The van der Waals surface area contributed by atoms with Crippen LogP contribution in [-0.4, -0.2) is 61.8 Å². The topological polar surface area (TPSA) is 86.8 Å². The third-order valence-corrected chi connectivity index (χ3v) is 5.79. The Balaban J connectivity index is 1.55. The second kappa shape index (κ2) is 11.2. The van der Waals surface area contributed by atoms with E-state index >= 15 is 0 Å². The molecule has 2 aromatic rings. The third-order valence-electron chi connectivity index (χ3n) is 5.79. The number of hydrogen-bond acceptors (Lipinski definition) is 8. The van der Waals surface area contributed by atoms with Gasteiger partial charge in [0, 0.05) is 25.0 Å². The van der Waals surface area contributed by atoms with Crippen molar-refractivity contribution >= 4 is 0 Å². The molecule has 8 nitrogen and oxygen atoms in total. The standard InChI is InChI=1S/C23H29F3N4O4/c1-31-20-17(12-28-18-8-5-10-27-19(18)15-6-3-2-4-7-15)21(34-16-9-11-32-13-16)30-22(29-20)33-14-23(24,25)26/h2-4,6-7,16,18-19,27-28H,5,8-14H2,1H3/t16-,18+,19+/m1/s1. The van der Waals surface area contributed by atoms with Crippen molar-refractivity contribution in [2.75, 3.05) is 33.5 Å². The van der Waals surface area contributed by atoms with Crippen LogP contribution < -0.4 is 24.8 Å². The van der Waals surface area contributed by atoms with Crippen LogP contribution in [0, 0.1) is 0 Å². The lowest BCUT2D eigenvalue weighted by Gasteiger charge is -2.34. The highest BCUT2D eigenvalue weighted by molar-refractivity contribution is 5.37. The Labute approximate surface area is 196 Å². The normalized spacial score (nSPS) is 23.0. The van der Waals surface area contributed by atoms with Crippen molar-refractivity contribution in [3.05, 3.63) is 41.5 Å². The Morgan fingerprint density at radius 1 is 1.15 bits per heavy atom. The number of piperidine rings is 1. The van der Waals surface area contributed by atoms with E-state index in [4.69, 9.17) is 18.9 Å². The number of nitrogens with one attached hydrogen (secondary N) is 2.